The zero-order valence-corrected chi connectivity index (χ0v) is 19.6. The Morgan fingerprint density at radius 1 is 1.06 bits per heavy atom. The van der Waals surface area contributed by atoms with Crippen molar-refractivity contribution in [3.63, 3.8) is 0 Å². The predicted molar refractivity (Wildman–Crippen MR) is 126 cm³/mol. The van der Waals surface area contributed by atoms with Crippen molar-refractivity contribution in [1.82, 2.24) is 45.3 Å². The number of nitrogens with zero attached hydrogens (tertiary/aromatic N) is 8. The topological polar surface area (TPSA) is 145 Å². The van der Waals surface area contributed by atoms with Gasteiger partial charge in [0.25, 0.3) is 5.91 Å². The molecule has 1 unspecified atom stereocenters. The van der Waals surface area contributed by atoms with Crippen LogP contribution in [0, 0.1) is 6.92 Å². The molecule has 4 aromatic heterocycles. The first-order valence-electron chi connectivity index (χ1n) is 11.3. The molecule has 0 aromatic carbocycles. The fraction of sp³-hybridized carbons (Fsp3) is 0.304. The zero-order valence-electron chi connectivity index (χ0n) is 19.6. The highest BCUT2D eigenvalue weighted by Gasteiger charge is 2.14. The number of nitrogens with one attached hydrogen (secondary N) is 2. The summed E-state index contributed by atoms with van der Waals surface area (Å²) < 4.78 is 17.2. The van der Waals surface area contributed by atoms with Gasteiger partial charge >= 0.3 is 0 Å². The largest absolute Gasteiger partial charge is 0.346 e. The van der Waals surface area contributed by atoms with Crippen molar-refractivity contribution in [3.8, 4) is 0 Å². The van der Waals surface area contributed by atoms with E-state index in [0.717, 1.165) is 11.3 Å². The summed E-state index contributed by atoms with van der Waals surface area (Å²) in [5.74, 6) is -0.436. The number of pyridine rings is 2. The number of carbonyl (C=O) groups is 2. The second-order valence-corrected chi connectivity index (χ2v) is 8.12. The van der Waals surface area contributed by atoms with Gasteiger partial charge in [-0.15, -0.1) is 10.2 Å². The Labute approximate surface area is 206 Å². The molecule has 0 aliphatic heterocycles. The number of hydrogen-bond acceptors (Lipinski definition) is 8. The number of aromatic nitrogens is 8. The number of halogens is 1. The van der Waals surface area contributed by atoms with E-state index >= 15 is 0 Å². The minimum atomic E-state index is -1.25. The lowest BCUT2D eigenvalue weighted by molar-refractivity contribution is -0.115. The maximum Gasteiger partial charge on any atom is 0.273 e. The van der Waals surface area contributed by atoms with Crippen LogP contribution in [0.3, 0.4) is 0 Å². The van der Waals surface area contributed by atoms with Gasteiger partial charge in [0.15, 0.2) is 11.5 Å². The summed E-state index contributed by atoms with van der Waals surface area (Å²) in [6.45, 7) is 2.38. The number of aryl methyl sites for hydroxylation is 2. The lowest BCUT2D eigenvalue weighted by Gasteiger charge is -2.07. The molecule has 12 nitrogen and oxygen atoms in total. The molecule has 0 saturated carbocycles. The van der Waals surface area contributed by atoms with Crippen molar-refractivity contribution < 1.29 is 14.0 Å². The van der Waals surface area contributed by atoms with Crippen LogP contribution >= 0.6 is 0 Å². The molecule has 186 valence electrons. The molecule has 4 aromatic rings. The third kappa shape index (κ3) is 7.22. The van der Waals surface area contributed by atoms with Gasteiger partial charge in [0, 0.05) is 43.3 Å². The molecule has 36 heavy (non-hydrogen) atoms. The van der Waals surface area contributed by atoms with E-state index in [9.17, 15) is 14.0 Å². The summed E-state index contributed by atoms with van der Waals surface area (Å²) in [5.41, 5.74) is 2.54. The third-order valence-electron chi connectivity index (χ3n) is 5.13. The Kier molecular flexibility index (Phi) is 8.01. The van der Waals surface area contributed by atoms with Crippen molar-refractivity contribution in [1.29, 1.82) is 0 Å². The van der Waals surface area contributed by atoms with Crippen LogP contribution in [0.1, 0.15) is 33.9 Å². The molecule has 0 radical (unpaired) electrons. The van der Waals surface area contributed by atoms with Crippen LogP contribution < -0.4 is 10.6 Å². The molecular formula is C23H25FN10O2. The number of anilines is 1. The maximum absolute atomic E-state index is 14.5. The fourth-order valence-corrected chi connectivity index (χ4v) is 3.25. The van der Waals surface area contributed by atoms with Crippen molar-refractivity contribution in [3.05, 3.63) is 77.8 Å². The van der Waals surface area contributed by atoms with Gasteiger partial charge in [0.2, 0.25) is 5.91 Å². The molecule has 2 N–H and O–H groups in total. The minimum absolute atomic E-state index is 0.0459. The van der Waals surface area contributed by atoms with Crippen LogP contribution in [-0.4, -0.2) is 57.9 Å². The highest BCUT2D eigenvalue weighted by molar-refractivity contribution is 5.92. The Balaban J connectivity index is 1.19. The van der Waals surface area contributed by atoms with E-state index in [1.54, 1.807) is 30.6 Å². The van der Waals surface area contributed by atoms with Crippen LogP contribution in [0.2, 0.25) is 0 Å². The summed E-state index contributed by atoms with van der Waals surface area (Å²) in [6, 6.07) is 9.06. The molecule has 0 bridgehead atoms. The fourth-order valence-electron chi connectivity index (χ4n) is 3.25. The maximum atomic E-state index is 14.5. The van der Waals surface area contributed by atoms with Gasteiger partial charge in [-0.2, -0.15) is 0 Å². The van der Waals surface area contributed by atoms with E-state index in [4.69, 9.17) is 0 Å². The average Bonchev–Trinajstić information content (AvgIpc) is 3.52. The lowest BCUT2D eigenvalue weighted by atomic mass is 10.2. The van der Waals surface area contributed by atoms with Gasteiger partial charge in [-0.1, -0.05) is 22.6 Å². The number of amides is 2. The summed E-state index contributed by atoms with van der Waals surface area (Å²) in [5, 5.41) is 20.8. The summed E-state index contributed by atoms with van der Waals surface area (Å²) in [7, 11) is 0. The van der Waals surface area contributed by atoms with Crippen LogP contribution in [0.25, 0.3) is 0 Å². The smallest absolute Gasteiger partial charge is 0.273 e. The van der Waals surface area contributed by atoms with Crippen molar-refractivity contribution >= 4 is 17.6 Å². The van der Waals surface area contributed by atoms with E-state index in [1.165, 1.54) is 21.8 Å². The van der Waals surface area contributed by atoms with Crippen molar-refractivity contribution in [2.45, 2.75) is 45.6 Å². The third-order valence-corrected chi connectivity index (χ3v) is 5.13. The standard InChI is InChI=1S/C23H25FN10O2/c1-16-5-6-17(11-26-16)12-27-23(36)20-14-33(31-29-20)9-7-18(24)13-34-15-21(30-32-34)28-22(35)10-19-4-2-3-8-25-19/h2-6,8,11,14-15,18H,7,9-10,12-13H2,1H3,(H,27,36)(H,28,35). The average molecular weight is 493 g/mol. The monoisotopic (exact) mass is 492 g/mol. The molecule has 2 amide bonds. The van der Waals surface area contributed by atoms with Gasteiger partial charge in [-0.3, -0.25) is 24.2 Å². The molecule has 4 heterocycles. The molecule has 13 heteroatoms. The van der Waals surface area contributed by atoms with E-state index < -0.39 is 6.17 Å². The quantitative estimate of drug-likeness (QED) is 0.320. The molecule has 0 aliphatic carbocycles. The van der Waals surface area contributed by atoms with Gasteiger partial charge in [0.1, 0.15) is 6.17 Å². The van der Waals surface area contributed by atoms with Gasteiger partial charge < -0.3 is 10.6 Å². The Morgan fingerprint density at radius 2 is 1.92 bits per heavy atom. The van der Waals surface area contributed by atoms with E-state index in [0.29, 0.717) is 12.2 Å². The zero-order chi connectivity index (χ0) is 25.3. The Bertz CT molecular complexity index is 1290. The Hall–Kier alpha value is -4.55. The molecule has 4 rings (SSSR count). The van der Waals surface area contributed by atoms with Crippen LogP contribution in [0.15, 0.2) is 55.1 Å². The lowest BCUT2D eigenvalue weighted by Crippen LogP contribution is -2.23. The van der Waals surface area contributed by atoms with Crippen LogP contribution in [0.4, 0.5) is 10.2 Å². The number of hydrogen-bond donors (Lipinski definition) is 2. The molecular weight excluding hydrogens is 467 g/mol. The van der Waals surface area contributed by atoms with E-state index in [1.807, 2.05) is 19.1 Å². The minimum Gasteiger partial charge on any atom is -0.346 e. The van der Waals surface area contributed by atoms with Crippen molar-refractivity contribution in [2.24, 2.45) is 0 Å². The molecule has 0 spiro atoms. The molecule has 0 fully saturated rings. The normalized spacial score (nSPS) is 11.7. The number of rotatable bonds is 11. The first-order chi connectivity index (χ1) is 17.4. The highest BCUT2D eigenvalue weighted by atomic mass is 19.1. The second-order valence-electron chi connectivity index (χ2n) is 8.12. The highest BCUT2D eigenvalue weighted by Crippen LogP contribution is 2.08. The SMILES string of the molecule is Cc1ccc(CNC(=O)c2cn(CCC(F)Cn3cc(NC(=O)Cc4ccccn4)nn3)nn2)cn1. The Morgan fingerprint density at radius 3 is 2.69 bits per heavy atom. The first kappa shape index (κ1) is 24.6. The summed E-state index contributed by atoms with van der Waals surface area (Å²) >= 11 is 0. The van der Waals surface area contributed by atoms with Gasteiger partial charge in [0.05, 0.1) is 25.4 Å². The van der Waals surface area contributed by atoms with E-state index in [-0.39, 0.29) is 49.3 Å². The first-order valence-corrected chi connectivity index (χ1v) is 11.3. The van der Waals surface area contributed by atoms with Crippen LogP contribution in [-0.2, 0) is 30.8 Å². The molecule has 0 aliphatic rings. The van der Waals surface area contributed by atoms with Crippen LogP contribution in [0.5, 0.6) is 0 Å². The predicted octanol–water partition coefficient (Wildman–Crippen LogP) is 1.51. The summed E-state index contributed by atoms with van der Waals surface area (Å²) in [6.07, 6.45) is 5.22. The van der Waals surface area contributed by atoms with E-state index in [2.05, 4.69) is 41.2 Å². The van der Waals surface area contributed by atoms with Gasteiger partial charge in [-0.25, -0.2) is 9.07 Å². The number of carbonyl (C=O) groups excluding carboxylic acids is 2. The second kappa shape index (κ2) is 11.7. The molecule has 1 atom stereocenters. The van der Waals surface area contributed by atoms with Gasteiger partial charge in [-0.05, 0) is 30.7 Å². The van der Waals surface area contributed by atoms with Crippen molar-refractivity contribution in [2.75, 3.05) is 5.32 Å². The molecule has 0 saturated heterocycles. The number of alkyl halides is 1. The summed E-state index contributed by atoms with van der Waals surface area (Å²) in [4.78, 5) is 32.7.